The average molecular weight is 321 g/mol. The molecule has 2 rings (SSSR count). The highest BCUT2D eigenvalue weighted by Crippen LogP contribution is 2.24. The minimum atomic E-state index is -4.74. The van der Waals surface area contributed by atoms with Crippen LogP contribution in [-0.2, 0) is 4.79 Å². The second-order valence-corrected chi connectivity index (χ2v) is 4.76. The van der Waals surface area contributed by atoms with Crippen molar-refractivity contribution in [2.24, 2.45) is 0 Å². The molecule has 0 aromatic heterocycles. The van der Waals surface area contributed by atoms with Gasteiger partial charge in [-0.2, -0.15) is 0 Å². The summed E-state index contributed by atoms with van der Waals surface area (Å²) in [6.45, 7) is 1.66. The Kier molecular flexibility index (Phi) is 5.05. The molecule has 120 valence electrons. The van der Waals surface area contributed by atoms with E-state index in [0.29, 0.717) is 11.3 Å². The Labute approximate surface area is 131 Å². The monoisotopic (exact) mass is 321 g/mol. The second kappa shape index (κ2) is 7.00. The van der Waals surface area contributed by atoms with Crippen LogP contribution in [0.25, 0.3) is 6.08 Å². The summed E-state index contributed by atoms with van der Waals surface area (Å²) in [5.41, 5.74) is 1.74. The molecule has 2 aromatic rings. The SMILES string of the molecule is CC(=Cc1ccccc1)C(=O)Nc1ccc(OC(F)(F)F)cc1. The third kappa shape index (κ3) is 5.50. The van der Waals surface area contributed by atoms with Gasteiger partial charge in [0.25, 0.3) is 5.91 Å². The van der Waals surface area contributed by atoms with Gasteiger partial charge in [0.1, 0.15) is 5.75 Å². The average Bonchev–Trinajstić information content (AvgIpc) is 2.48. The van der Waals surface area contributed by atoms with Gasteiger partial charge in [0.05, 0.1) is 0 Å². The summed E-state index contributed by atoms with van der Waals surface area (Å²) < 4.78 is 40.0. The molecule has 0 aliphatic heterocycles. The molecule has 0 spiro atoms. The van der Waals surface area contributed by atoms with Crippen molar-refractivity contribution in [3.05, 3.63) is 65.7 Å². The van der Waals surface area contributed by atoms with E-state index < -0.39 is 6.36 Å². The number of amides is 1. The van der Waals surface area contributed by atoms with Gasteiger partial charge in [0.2, 0.25) is 0 Å². The van der Waals surface area contributed by atoms with Gasteiger partial charge in [-0.3, -0.25) is 4.79 Å². The summed E-state index contributed by atoms with van der Waals surface area (Å²) in [7, 11) is 0. The molecule has 1 N–H and O–H groups in total. The van der Waals surface area contributed by atoms with E-state index in [1.165, 1.54) is 12.1 Å². The first-order valence-corrected chi connectivity index (χ1v) is 6.74. The van der Waals surface area contributed by atoms with E-state index in [4.69, 9.17) is 0 Å². The number of rotatable bonds is 4. The third-order valence-electron chi connectivity index (χ3n) is 2.89. The van der Waals surface area contributed by atoms with Gasteiger partial charge in [0.15, 0.2) is 0 Å². The van der Waals surface area contributed by atoms with Gasteiger partial charge in [-0.1, -0.05) is 30.3 Å². The van der Waals surface area contributed by atoms with Crippen LogP contribution in [0.15, 0.2) is 60.2 Å². The molecule has 0 aliphatic carbocycles. The Hall–Kier alpha value is -2.76. The number of benzene rings is 2. The van der Waals surface area contributed by atoms with E-state index in [0.717, 1.165) is 17.7 Å². The quantitative estimate of drug-likeness (QED) is 0.834. The molecule has 0 saturated heterocycles. The number of nitrogens with one attached hydrogen (secondary N) is 1. The highest BCUT2D eigenvalue weighted by molar-refractivity contribution is 6.06. The predicted molar refractivity (Wildman–Crippen MR) is 81.8 cm³/mol. The molecule has 6 heteroatoms. The Morgan fingerprint density at radius 1 is 1.04 bits per heavy atom. The van der Waals surface area contributed by atoms with Crippen molar-refractivity contribution in [2.75, 3.05) is 5.32 Å². The van der Waals surface area contributed by atoms with Crippen LogP contribution in [0.5, 0.6) is 5.75 Å². The van der Waals surface area contributed by atoms with E-state index in [-0.39, 0.29) is 11.7 Å². The summed E-state index contributed by atoms with van der Waals surface area (Å²) in [6.07, 6.45) is -3.02. The largest absolute Gasteiger partial charge is 0.573 e. The van der Waals surface area contributed by atoms with Crippen LogP contribution < -0.4 is 10.1 Å². The smallest absolute Gasteiger partial charge is 0.406 e. The minimum Gasteiger partial charge on any atom is -0.406 e. The van der Waals surface area contributed by atoms with Gasteiger partial charge in [-0.15, -0.1) is 13.2 Å². The molecular formula is C17H14F3NO2. The third-order valence-corrected chi connectivity index (χ3v) is 2.89. The summed E-state index contributed by atoms with van der Waals surface area (Å²) >= 11 is 0. The van der Waals surface area contributed by atoms with Gasteiger partial charge in [-0.05, 0) is 42.8 Å². The molecule has 0 bridgehead atoms. The molecule has 0 saturated carbocycles. The molecule has 0 aliphatic rings. The molecule has 0 unspecified atom stereocenters. The van der Waals surface area contributed by atoms with Crippen LogP contribution in [0, 0.1) is 0 Å². The number of halogens is 3. The lowest BCUT2D eigenvalue weighted by Crippen LogP contribution is -2.17. The van der Waals surface area contributed by atoms with Crippen molar-refractivity contribution >= 4 is 17.7 Å². The van der Waals surface area contributed by atoms with Crippen molar-refractivity contribution in [3.63, 3.8) is 0 Å². The number of hydrogen-bond donors (Lipinski definition) is 1. The zero-order valence-electron chi connectivity index (χ0n) is 12.2. The van der Waals surface area contributed by atoms with Crippen molar-refractivity contribution in [2.45, 2.75) is 13.3 Å². The number of carbonyl (C=O) groups is 1. The lowest BCUT2D eigenvalue weighted by atomic mass is 10.1. The normalized spacial score (nSPS) is 11.9. The van der Waals surface area contributed by atoms with E-state index in [1.54, 1.807) is 13.0 Å². The fourth-order valence-electron chi connectivity index (χ4n) is 1.83. The first-order chi connectivity index (χ1) is 10.8. The van der Waals surface area contributed by atoms with Gasteiger partial charge in [-0.25, -0.2) is 0 Å². The Bertz CT molecular complexity index is 692. The van der Waals surface area contributed by atoms with Crippen LogP contribution in [0.3, 0.4) is 0 Å². The highest BCUT2D eigenvalue weighted by atomic mass is 19.4. The van der Waals surface area contributed by atoms with E-state index in [9.17, 15) is 18.0 Å². The van der Waals surface area contributed by atoms with Crippen LogP contribution in [-0.4, -0.2) is 12.3 Å². The first kappa shape index (κ1) is 16.6. The zero-order valence-corrected chi connectivity index (χ0v) is 12.2. The lowest BCUT2D eigenvalue weighted by molar-refractivity contribution is -0.274. The Morgan fingerprint density at radius 2 is 1.65 bits per heavy atom. The van der Waals surface area contributed by atoms with Gasteiger partial charge >= 0.3 is 6.36 Å². The van der Waals surface area contributed by atoms with Gasteiger partial charge < -0.3 is 10.1 Å². The summed E-state index contributed by atoms with van der Waals surface area (Å²) in [6, 6.07) is 14.3. The molecule has 2 aromatic carbocycles. The number of anilines is 1. The van der Waals surface area contributed by atoms with Gasteiger partial charge in [0, 0.05) is 11.3 Å². The summed E-state index contributed by atoms with van der Waals surface area (Å²) in [4.78, 5) is 12.0. The van der Waals surface area contributed by atoms with Crippen LogP contribution >= 0.6 is 0 Å². The molecule has 1 amide bonds. The fourth-order valence-corrected chi connectivity index (χ4v) is 1.83. The maximum atomic E-state index is 12.1. The van der Waals surface area contributed by atoms with E-state index in [1.807, 2.05) is 30.3 Å². The minimum absolute atomic E-state index is 0.335. The fraction of sp³-hybridized carbons (Fsp3) is 0.118. The van der Waals surface area contributed by atoms with E-state index >= 15 is 0 Å². The highest BCUT2D eigenvalue weighted by Gasteiger charge is 2.30. The maximum Gasteiger partial charge on any atom is 0.573 e. The molecule has 3 nitrogen and oxygen atoms in total. The van der Waals surface area contributed by atoms with Crippen molar-refractivity contribution in [3.8, 4) is 5.75 Å². The number of hydrogen-bond acceptors (Lipinski definition) is 2. The lowest BCUT2D eigenvalue weighted by Gasteiger charge is -2.10. The molecule has 0 fully saturated rings. The molecular weight excluding hydrogens is 307 g/mol. The first-order valence-electron chi connectivity index (χ1n) is 6.74. The second-order valence-electron chi connectivity index (χ2n) is 4.76. The molecule has 0 heterocycles. The topological polar surface area (TPSA) is 38.3 Å². The van der Waals surface area contributed by atoms with Crippen LogP contribution in [0.4, 0.5) is 18.9 Å². The molecule has 0 radical (unpaired) electrons. The Morgan fingerprint density at radius 3 is 2.22 bits per heavy atom. The van der Waals surface area contributed by atoms with Crippen molar-refractivity contribution < 1.29 is 22.7 Å². The Balaban J connectivity index is 2.01. The maximum absolute atomic E-state index is 12.1. The molecule has 0 atom stereocenters. The van der Waals surface area contributed by atoms with Crippen LogP contribution in [0.2, 0.25) is 0 Å². The number of ether oxygens (including phenoxy) is 1. The standard InChI is InChI=1S/C17H14F3NO2/c1-12(11-13-5-3-2-4-6-13)16(22)21-14-7-9-15(10-8-14)23-17(18,19)20/h2-11H,1H3,(H,21,22). The predicted octanol–water partition coefficient (Wildman–Crippen LogP) is 4.63. The van der Waals surface area contributed by atoms with E-state index in [2.05, 4.69) is 10.1 Å². The molecule has 23 heavy (non-hydrogen) atoms. The zero-order chi connectivity index (χ0) is 16.9. The number of carbonyl (C=O) groups excluding carboxylic acids is 1. The van der Waals surface area contributed by atoms with Crippen LogP contribution in [0.1, 0.15) is 12.5 Å². The van der Waals surface area contributed by atoms with Crippen molar-refractivity contribution in [1.82, 2.24) is 0 Å². The number of alkyl halides is 3. The summed E-state index contributed by atoms with van der Waals surface area (Å²) in [5.74, 6) is -0.676. The summed E-state index contributed by atoms with van der Waals surface area (Å²) in [5, 5.41) is 2.61. The van der Waals surface area contributed by atoms with Crippen molar-refractivity contribution in [1.29, 1.82) is 0 Å².